The van der Waals surface area contributed by atoms with Crippen LogP contribution >= 0.6 is 22.6 Å². The molecule has 0 atom stereocenters. The second kappa shape index (κ2) is 6.23. The number of hydrogen-bond donors (Lipinski definition) is 1. The van der Waals surface area contributed by atoms with Crippen LogP contribution in [0.5, 0.6) is 5.75 Å². The molecular formula is C13H18INO2. The van der Waals surface area contributed by atoms with E-state index in [4.69, 9.17) is 4.74 Å². The van der Waals surface area contributed by atoms with Gasteiger partial charge < -0.3 is 10.1 Å². The molecule has 1 amide bonds. The number of nitrogens with one attached hydrogen (secondary N) is 1. The first-order valence-electron chi connectivity index (χ1n) is 5.62. The molecule has 1 aromatic carbocycles. The molecule has 0 fully saturated rings. The molecule has 1 rings (SSSR count). The number of hydrogen-bond acceptors (Lipinski definition) is 2. The summed E-state index contributed by atoms with van der Waals surface area (Å²) in [7, 11) is 0. The van der Waals surface area contributed by atoms with Crippen LogP contribution in [-0.4, -0.2) is 18.1 Å². The van der Waals surface area contributed by atoms with Crippen molar-refractivity contribution in [3.8, 4) is 5.75 Å². The predicted octanol–water partition coefficient (Wildman–Crippen LogP) is 2.97. The van der Waals surface area contributed by atoms with Crippen molar-refractivity contribution >= 4 is 28.5 Å². The molecule has 0 unspecified atom stereocenters. The first-order valence-corrected chi connectivity index (χ1v) is 6.70. The molecule has 0 aliphatic carbocycles. The Labute approximate surface area is 116 Å². The molecule has 0 saturated carbocycles. The van der Waals surface area contributed by atoms with E-state index in [0.29, 0.717) is 0 Å². The van der Waals surface area contributed by atoms with Crippen LogP contribution in [-0.2, 0) is 4.79 Å². The molecule has 0 radical (unpaired) electrons. The lowest BCUT2D eigenvalue weighted by atomic mass is 10.0. The Morgan fingerprint density at radius 3 is 2.47 bits per heavy atom. The Morgan fingerprint density at radius 2 is 1.94 bits per heavy atom. The largest absolute Gasteiger partial charge is 0.484 e. The van der Waals surface area contributed by atoms with Crippen molar-refractivity contribution in [3.63, 3.8) is 0 Å². The van der Waals surface area contributed by atoms with Crippen LogP contribution in [0.15, 0.2) is 24.3 Å². The number of carbonyl (C=O) groups is 1. The topological polar surface area (TPSA) is 38.3 Å². The minimum absolute atomic E-state index is 0.0595. The zero-order valence-electron chi connectivity index (χ0n) is 10.4. The highest BCUT2D eigenvalue weighted by Crippen LogP contribution is 2.13. The lowest BCUT2D eigenvalue weighted by Crippen LogP contribution is -2.44. The fourth-order valence-electron chi connectivity index (χ4n) is 1.18. The van der Waals surface area contributed by atoms with E-state index in [1.165, 1.54) is 0 Å². The monoisotopic (exact) mass is 347 g/mol. The minimum atomic E-state index is -0.174. The molecule has 0 aliphatic heterocycles. The molecule has 3 nitrogen and oxygen atoms in total. The predicted molar refractivity (Wildman–Crippen MR) is 77.2 cm³/mol. The van der Waals surface area contributed by atoms with Gasteiger partial charge in [-0.05, 0) is 67.1 Å². The molecule has 17 heavy (non-hydrogen) atoms. The fraction of sp³-hybridized carbons (Fsp3) is 0.462. The van der Waals surface area contributed by atoms with Gasteiger partial charge in [0.2, 0.25) is 0 Å². The normalized spacial score (nSPS) is 11.1. The van der Waals surface area contributed by atoms with Crippen molar-refractivity contribution in [1.82, 2.24) is 5.32 Å². The maximum atomic E-state index is 11.6. The number of halogens is 1. The molecule has 1 N–H and O–H groups in total. The van der Waals surface area contributed by atoms with E-state index < -0.39 is 0 Å². The molecule has 0 heterocycles. The van der Waals surface area contributed by atoms with E-state index in [-0.39, 0.29) is 18.1 Å². The van der Waals surface area contributed by atoms with Crippen LogP contribution < -0.4 is 10.1 Å². The summed E-state index contributed by atoms with van der Waals surface area (Å²) in [6, 6.07) is 7.62. The van der Waals surface area contributed by atoms with Crippen LogP contribution in [0, 0.1) is 3.57 Å². The van der Waals surface area contributed by atoms with Gasteiger partial charge in [0.05, 0.1) is 0 Å². The standard InChI is InChI=1S/C13H18INO2/c1-4-13(2,3)15-12(16)9-17-11-7-5-10(14)6-8-11/h5-8H,4,9H2,1-3H3,(H,15,16). The smallest absolute Gasteiger partial charge is 0.258 e. The number of ether oxygens (including phenoxy) is 1. The van der Waals surface area contributed by atoms with Crippen LogP contribution in [0.3, 0.4) is 0 Å². The van der Waals surface area contributed by atoms with Gasteiger partial charge >= 0.3 is 0 Å². The zero-order chi connectivity index (χ0) is 12.9. The van der Waals surface area contributed by atoms with Crippen LogP contribution in [0.4, 0.5) is 0 Å². The van der Waals surface area contributed by atoms with Crippen molar-refractivity contribution in [2.45, 2.75) is 32.7 Å². The lowest BCUT2D eigenvalue weighted by molar-refractivity contribution is -0.124. The second-order valence-electron chi connectivity index (χ2n) is 4.53. The van der Waals surface area contributed by atoms with Crippen molar-refractivity contribution < 1.29 is 9.53 Å². The molecule has 1 aromatic rings. The number of rotatable bonds is 5. The molecule has 0 aliphatic rings. The van der Waals surface area contributed by atoms with Gasteiger partial charge in [-0.15, -0.1) is 0 Å². The summed E-state index contributed by atoms with van der Waals surface area (Å²) < 4.78 is 6.54. The number of amides is 1. The van der Waals surface area contributed by atoms with E-state index in [2.05, 4.69) is 27.9 Å². The van der Waals surface area contributed by atoms with Gasteiger partial charge in [-0.25, -0.2) is 0 Å². The third-order valence-corrected chi connectivity index (χ3v) is 3.26. The first kappa shape index (κ1) is 14.3. The van der Waals surface area contributed by atoms with E-state index in [9.17, 15) is 4.79 Å². The number of benzene rings is 1. The Morgan fingerprint density at radius 1 is 1.35 bits per heavy atom. The molecule has 0 spiro atoms. The van der Waals surface area contributed by atoms with Crippen molar-refractivity contribution in [2.75, 3.05) is 6.61 Å². The van der Waals surface area contributed by atoms with Crippen LogP contribution in [0.2, 0.25) is 0 Å². The van der Waals surface area contributed by atoms with Gasteiger partial charge in [-0.1, -0.05) is 6.92 Å². The van der Waals surface area contributed by atoms with E-state index in [1.54, 1.807) is 0 Å². The van der Waals surface area contributed by atoms with Gasteiger partial charge in [-0.3, -0.25) is 4.79 Å². The van der Waals surface area contributed by atoms with Gasteiger partial charge in [0.15, 0.2) is 6.61 Å². The van der Waals surface area contributed by atoms with Crippen LogP contribution in [0.25, 0.3) is 0 Å². The highest BCUT2D eigenvalue weighted by molar-refractivity contribution is 14.1. The zero-order valence-corrected chi connectivity index (χ0v) is 12.6. The van der Waals surface area contributed by atoms with Crippen LogP contribution in [0.1, 0.15) is 27.2 Å². The molecule has 0 bridgehead atoms. The van der Waals surface area contributed by atoms with E-state index in [1.807, 2.05) is 45.0 Å². The summed E-state index contributed by atoms with van der Waals surface area (Å²) in [5.74, 6) is 0.630. The van der Waals surface area contributed by atoms with Gasteiger partial charge in [0.1, 0.15) is 5.75 Å². The van der Waals surface area contributed by atoms with Crippen molar-refractivity contribution in [2.24, 2.45) is 0 Å². The highest BCUT2D eigenvalue weighted by Gasteiger charge is 2.17. The highest BCUT2D eigenvalue weighted by atomic mass is 127. The van der Waals surface area contributed by atoms with Crippen molar-refractivity contribution in [3.05, 3.63) is 27.8 Å². The molecule has 0 saturated heterocycles. The average molecular weight is 347 g/mol. The summed E-state index contributed by atoms with van der Waals surface area (Å²) in [5.41, 5.74) is -0.174. The summed E-state index contributed by atoms with van der Waals surface area (Å²) in [4.78, 5) is 11.6. The molecule has 94 valence electrons. The summed E-state index contributed by atoms with van der Waals surface area (Å²) in [5, 5.41) is 2.92. The molecular weight excluding hydrogens is 329 g/mol. The maximum Gasteiger partial charge on any atom is 0.258 e. The molecule has 0 aromatic heterocycles. The average Bonchev–Trinajstić information content (AvgIpc) is 2.28. The van der Waals surface area contributed by atoms with Crippen molar-refractivity contribution in [1.29, 1.82) is 0 Å². The summed E-state index contributed by atoms with van der Waals surface area (Å²) in [6.45, 7) is 6.09. The van der Waals surface area contributed by atoms with E-state index >= 15 is 0 Å². The summed E-state index contributed by atoms with van der Waals surface area (Å²) >= 11 is 2.23. The molecule has 4 heteroatoms. The number of carbonyl (C=O) groups excluding carboxylic acids is 1. The van der Waals surface area contributed by atoms with Gasteiger partial charge in [-0.2, -0.15) is 0 Å². The SMILES string of the molecule is CCC(C)(C)NC(=O)COc1ccc(I)cc1. The Hall–Kier alpha value is -0.780. The Kier molecular flexibility index (Phi) is 5.24. The fourth-order valence-corrected chi connectivity index (χ4v) is 1.54. The first-order chi connectivity index (χ1) is 7.93. The quantitative estimate of drug-likeness (QED) is 0.832. The Balaban J connectivity index is 2.41. The lowest BCUT2D eigenvalue weighted by Gasteiger charge is -2.24. The van der Waals surface area contributed by atoms with Gasteiger partial charge in [0, 0.05) is 9.11 Å². The minimum Gasteiger partial charge on any atom is -0.484 e. The second-order valence-corrected chi connectivity index (χ2v) is 5.77. The summed E-state index contributed by atoms with van der Waals surface area (Å²) in [6.07, 6.45) is 0.891. The third-order valence-electron chi connectivity index (χ3n) is 2.55. The Bertz CT molecular complexity index is 374. The van der Waals surface area contributed by atoms with Gasteiger partial charge in [0.25, 0.3) is 5.91 Å². The van der Waals surface area contributed by atoms with E-state index in [0.717, 1.165) is 15.7 Å². The maximum absolute atomic E-state index is 11.6. The third kappa shape index (κ3) is 5.39.